The van der Waals surface area contributed by atoms with Gasteiger partial charge in [-0.15, -0.1) is 12.4 Å². The van der Waals surface area contributed by atoms with E-state index in [4.69, 9.17) is 5.73 Å². The summed E-state index contributed by atoms with van der Waals surface area (Å²) in [6.45, 7) is 4.01. The molecular weight excluding hydrogens is 198 g/mol. The van der Waals surface area contributed by atoms with Crippen LogP contribution in [0.15, 0.2) is 24.5 Å². The summed E-state index contributed by atoms with van der Waals surface area (Å²) in [5.41, 5.74) is 8.15. The first-order valence-corrected chi connectivity index (χ1v) is 4.38. The molecule has 76 valence electrons. The van der Waals surface area contributed by atoms with Gasteiger partial charge in [-0.05, 0) is 25.5 Å². The average Bonchev–Trinajstić information content (AvgIpc) is 2.48. The van der Waals surface area contributed by atoms with Gasteiger partial charge < -0.3 is 10.1 Å². The highest BCUT2D eigenvalue weighted by Gasteiger charge is 2.07. The van der Waals surface area contributed by atoms with Gasteiger partial charge in [0.25, 0.3) is 0 Å². The Morgan fingerprint density at radius 2 is 2.21 bits per heavy atom. The number of nitrogens with two attached hydrogens (primary N) is 1. The van der Waals surface area contributed by atoms with Gasteiger partial charge in [0.15, 0.2) is 0 Å². The van der Waals surface area contributed by atoms with Crippen LogP contribution in [0, 0.1) is 6.92 Å². The van der Waals surface area contributed by atoms with Crippen LogP contribution in [0.1, 0.15) is 24.4 Å². The van der Waals surface area contributed by atoms with Gasteiger partial charge in [0.05, 0.1) is 17.8 Å². The monoisotopic (exact) mass is 211 g/mol. The van der Waals surface area contributed by atoms with Crippen LogP contribution in [0.4, 0.5) is 0 Å². The largest absolute Gasteiger partial charge is 0.322 e. The minimum Gasteiger partial charge on any atom is -0.322 e. The van der Waals surface area contributed by atoms with E-state index in [9.17, 15) is 0 Å². The van der Waals surface area contributed by atoms with Gasteiger partial charge in [0.1, 0.15) is 5.82 Å². The first-order valence-electron chi connectivity index (χ1n) is 4.38. The molecule has 0 saturated carbocycles. The predicted molar refractivity (Wildman–Crippen MR) is 59.8 cm³/mol. The van der Waals surface area contributed by atoms with E-state index in [0.29, 0.717) is 0 Å². The fourth-order valence-electron chi connectivity index (χ4n) is 1.52. The van der Waals surface area contributed by atoms with Gasteiger partial charge >= 0.3 is 0 Å². The van der Waals surface area contributed by atoms with Crippen molar-refractivity contribution in [1.29, 1.82) is 0 Å². The van der Waals surface area contributed by atoms with Gasteiger partial charge in [0.2, 0.25) is 0 Å². The molecule has 0 radical (unpaired) electrons. The van der Waals surface area contributed by atoms with Crippen LogP contribution in [0.3, 0.4) is 0 Å². The highest BCUT2D eigenvalue weighted by Crippen LogP contribution is 2.14. The van der Waals surface area contributed by atoms with Gasteiger partial charge in [0, 0.05) is 6.20 Å². The minimum atomic E-state index is -0.0238. The van der Waals surface area contributed by atoms with Crippen molar-refractivity contribution in [2.45, 2.75) is 19.9 Å². The first-order chi connectivity index (χ1) is 6.20. The number of aromatic nitrogens is 2. The summed E-state index contributed by atoms with van der Waals surface area (Å²) in [5, 5.41) is 0. The SMILES string of the molecule is Cc1cccn2c([C@@H](C)N)ncc12.Cl. The standard InChI is InChI=1S/C10H13N3.ClH/c1-7-4-3-5-13-9(7)6-12-10(13)8(2)11;/h3-6,8H,11H2,1-2H3;1H/t8-;/m1./s1. The lowest BCUT2D eigenvalue weighted by molar-refractivity contribution is 0.735. The van der Waals surface area contributed by atoms with Crippen molar-refractivity contribution < 1.29 is 0 Å². The number of imidazole rings is 1. The number of halogens is 1. The van der Waals surface area contributed by atoms with Crippen molar-refractivity contribution in [3.05, 3.63) is 35.9 Å². The molecule has 2 aromatic heterocycles. The summed E-state index contributed by atoms with van der Waals surface area (Å²) >= 11 is 0. The second-order valence-corrected chi connectivity index (χ2v) is 3.35. The highest BCUT2D eigenvalue weighted by atomic mass is 35.5. The van der Waals surface area contributed by atoms with E-state index in [-0.39, 0.29) is 18.4 Å². The fraction of sp³-hybridized carbons (Fsp3) is 0.300. The molecule has 0 aliphatic heterocycles. The predicted octanol–water partition coefficient (Wildman–Crippen LogP) is 2.08. The van der Waals surface area contributed by atoms with Gasteiger partial charge in [-0.3, -0.25) is 0 Å². The summed E-state index contributed by atoms with van der Waals surface area (Å²) in [7, 11) is 0. The molecule has 2 heterocycles. The molecule has 0 saturated heterocycles. The molecule has 0 unspecified atom stereocenters. The molecule has 14 heavy (non-hydrogen) atoms. The van der Waals surface area contributed by atoms with Crippen LogP contribution in [0.25, 0.3) is 5.52 Å². The van der Waals surface area contributed by atoms with E-state index in [0.717, 1.165) is 11.3 Å². The van der Waals surface area contributed by atoms with Crippen molar-refractivity contribution >= 4 is 17.9 Å². The maximum atomic E-state index is 5.79. The zero-order valence-corrected chi connectivity index (χ0v) is 9.08. The number of nitrogens with zero attached hydrogens (tertiary/aromatic N) is 2. The maximum absolute atomic E-state index is 5.79. The zero-order chi connectivity index (χ0) is 9.42. The third-order valence-electron chi connectivity index (χ3n) is 2.22. The van der Waals surface area contributed by atoms with E-state index in [2.05, 4.69) is 18.0 Å². The van der Waals surface area contributed by atoms with Crippen molar-refractivity contribution in [3.63, 3.8) is 0 Å². The highest BCUT2D eigenvalue weighted by molar-refractivity contribution is 5.85. The molecular formula is C10H14ClN3. The van der Waals surface area contributed by atoms with Crippen LogP contribution in [0.5, 0.6) is 0 Å². The molecule has 0 spiro atoms. The number of hydrogen-bond acceptors (Lipinski definition) is 2. The Bertz CT molecular complexity index is 434. The Labute approximate surface area is 89.4 Å². The number of rotatable bonds is 1. The van der Waals surface area contributed by atoms with Gasteiger partial charge in [-0.1, -0.05) is 6.07 Å². The van der Waals surface area contributed by atoms with E-state index in [1.165, 1.54) is 5.56 Å². The summed E-state index contributed by atoms with van der Waals surface area (Å²) in [6.07, 6.45) is 3.86. The Kier molecular flexibility index (Phi) is 3.13. The molecule has 0 bridgehead atoms. The van der Waals surface area contributed by atoms with Crippen molar-refractivity contribution in [2.75, 3.05) is 0 Å². The van der Waals surface area contributed by atoms with Crippen molar-refractivity contribution in [1.82, 2.24) is 9.38 Å². The summed E-state index contributed by atoms with van der Waals surface area (Å²) in [5.74, 6) is 0.915. The zero-order valence-electron chi connectivity index (χ0n) is 8.27. The Morgan fingerprint density at radius 3 is 2.86 bits per heavy atom. The molecule has 0 aliphatic rings. The first kappa shape index (κ1) is 11.0. The second kappa shape index (κ2) is 3.98. The molecule has 2 N–H and O–H groups in total. The molecule has 0 aliphatic carbocycles. The Balaban J connectivity index is 0.000000980. The lowest BCUT2D eigenvalue weighted by atomic mass is 10.2. The number of fused-ring (bicyclic) bond motifs is 1. The summed E-state index contributed by atoms with van der Waals surface area (Å²) < 4.78 is 2.04. The molecule has 0 aromatic carbocycles. The second-order valence-electron chi connectivity index (χ2n) is 3.35. The number of aryl methyl sites for hydroxylation is 1. The molecule has 0 fully saturated rings. The van der Waals surface area contributed by atoms with Crippen LogP contribution in [-0.2, 0) is 0 Å². The minimum absolute atomic E-state index is 0. The molecule has 0 amide bonds. The van der Waals surface area contributed by atoms with E-state index in [1.54, 1.807) is 0 Å². The smallest absolute Gasteiger partial charge is 0.129 e. The van der Waals surface area contributed by atoms with Gasteiger partial charge in [-0.25, -0.2) is 4.98 Å². The summed E-state index contributed by atoms with van der Waals surface area (Å²) in [4.78, 5) is 4.29. The molecule has 3 nitrogen and oxygen atoms in total. The lowest BCUT2D eigenvalue weighted by Crippen LogP contribution is -2.09. The van der Waals surface area contributed by atoms with Crippen LogP contribution >= 0.6 is 12.4 Å². The molecule has 2 aromatic rings. The lowest BCUT2D eigenvalue weighted by Gasteiger charge is -2.04. The summed E-state index contributed by atoms with van der Waals surface area (Å²) in [6, 6.07) is 4.06. The fourth-order valence-corrected chi connectivity index (χ4v) is 1.52. The van der Waals surface area contributed by atoms with E-state index < -0.39 is 0 Å². The van der Waals surface area contributed by atoms with Crippen LogP contribution in [0.2, 0.25) is 0 Å². The van der Waals surface area contributed by atoms with Crippen molar-refractivity contribution in [3.8, 4) is 0 Å². The third kappa shape index (κ3) is 1.61. The van der Waals surface area contributed by atoms with E-state index >= 15 is 0 Å². The van der Waals surface area contributed by atoms with Crippen molar-refractivity contribution in [2.24, 2.45) is 5.73 Å². The van der Waals surface area contributed by atoms with Crippen LogP contribution in [-0.4, -0.2) is 9.38 Å². The normalized spacial score (nSPS) is 12.5. The average molecular weight is 212 g/mol. The third-order valence-corrected chi connectivity index (χ3v) is 2.22. The maximum Gasteiger partial charge on any atom is 0.129 e. The number of pyridine rings is 1. The molecule has 4 heteroatoms. The van der Waals surface area contributed by atoms with E-state index in [1.807, 2.05) is 29.8 Å². The Hall–Kier alpha value is -1.06. The number of hydrogen-bond donors (Lipinski definition) is 1. The topological polar surface area (TPSA) is 43.3 Å². The molecule has 2 rings (SSSR count). The van der Waals surface area contributed by atoms with Crippen LogP contribution < -0.4 is 5.73 Å². The molecule has 1 atom stereocenters. The Morgan fingerprint density at radius 1 is 1.50 bits per heavy atom. The quantitative estimate of drug-likeness (QED) is 0.785. The van der Waals surface area contributed by atoms with Gasteiger partial charge in [-0.2, -0.15) is 0 Å².